The average molecular weight is 519 g/mol. The van der Waals surface area contributed by atoms with Gasteiger partial charge in [0.25, 0.3) is 0 Å². The summed E-state index contributed by atoms with van der Waals surface area (Å²) in [4.78, 5) is 39.9. The lowest BCUT2D eigenvalue weighted by Crippen LogP contribution is -2.58. The Hall–Kier alpha value is -2.22. The van der Waals surface area contributed by atoms with E-state index in [-0.39, 0.29) is 68.5 Å². The second kappa shape index (κ2) is 8.64. The molecule has 5 nitrogen and oxygen atoms in total. The minimum absolute atomic E-state index is 0.0554. The van der Waals surface area contributed by atoms with E-state index in [2.05, 4.69) is 46.0 Å². The number of hydrogen-bond acceptors (Lipinski definition) is 4. The second-order valence-electron chi connectivity index (χ2n) is 14.9. The van der Waals surface area contributed by atoms with E-state index in [9.17, 15) is 19.6 Å². The first kappa shape index (κ1) is 27.4. The fraction of sp³-hybridized carbons (Fsp3) is 0.758. The number of Topliss-reactive ketones (excluding diaryl/α,β-unsaturated/α-hetero) is 1. The van der Waals surface area contributed by atoms with Gasteiger partial charge < -0.3 is 5.32 Å². The Morgan fingerprint density at radius 1 is 1.08 bits per heavy atom. The molecular weight excluding hydrogens is 472 g/mol. The van der Waals surface area contributed by atoms with Crippen LogP contribution >= 0.6 is 0 Å². The number of ketones is 2. The Morgan fingerprint density at radius 3 is 2.42 bits per heavy atom. The fourth-order valence-electron chi connectivity index (χ4n) is 9.92. The molecule has 5 aliphatic carbocycles. The third-order valence-corrected chi connectivity index (χ3v) is 12.6. The molecule has 0 saturated heterocycles. The molecule has 5 heteroatoms. The molecule has 3 unspecified atom stereocenters. The van der Waals surface area contributed by atoms with Crippen molar-refractivity contribution in [1.29, 1.82) is 5.26 Å². The highest BCUT2D eigenvalue weighted by molar-refractivity contribution is 6.02. The van der Waals surface area contributed by atoms with Crippen LogP contribution in [0.5, 0.6) is 0 Å². The normalized spacial score (nSPS) is 45.6. The SMILES string of the molecule is CCC(=O)N[C@]12CCC(C)(C)CC1CC1C(=O)C=C3[C@@]4(C)C=C(C#N)C(=O)C(C)[C@@H]4CC[C@@]3(C)[C@]1(C)CC2. The summed E-state index contributed by atoms with van der Waals surface area (Å²) in [6.07, 6.45) is 11.9. The van der Waals surface area contributed by atoms with E-state index in [4.69, 9.17) is 0 Å². The van der Waals surface area contributed by atoms with Crippen molar-refractivity contribution in [2.24, 2.45) is 45.3 Å². The zero-order valence-corrected chi connectivity index (χ0v) is 24.5. The maximum absolute atomic E-state index is 14.2. The van der Waals surface area contributed by atoms with Gasteiger partial charge in [0.05, 0.1) is 5.57 Å². The van der Waals surface area contributed by atoms with Gasteiger partial charge in [-0.15, -0.1) is 0 Å². The molecule has 0 bridgehead atoms. The molecule has 0 spiro atoms. The van der Waals surface area contributed by atoms with E-state index in [1.807, 2.05) is 26.0 Å². The van der Waals surface area contributed by atoms with Gasteiger partial charge in [-0.05, 0) is 85.5 Å². The molecule has 206 valence electrons. The van der Waals surface area contributed by atoms with E-state index in [1.165, 1.54) is 0 Å². The first-order chi connectivity index (χ1) is 17.7. The third kappa shape index (κ3) is 3.65. The highest BCUT2D eigenvalue weighted by atomic mass is 16.2. The number of carbonyl (C=O) groups is 3. The van der Waals surface area contributed by atoms with E-state index >= 15 is 0 Å². The summed E-state index contributed by atoms with van der Waals surface area (Å²) in [5, 5.41) is 13.3. The lowest BCUT2D eigenvalue weighted by molar-refractivity contribution is -0.134. The van der Waals surface area contributed by atoms with Crippen molar-refractivity contribution < 1.29 is 14.4 Å². The van der Waals surface area contributed by atoms with Crippen LogP contribution in [0.2, 0.25) is 0 Å². The highest BCUT2D eigenvalue weighted by Crippen LogP contribution is 2.70. The largest absolute Gasteiger partial charge is 0.350 e. The summed E-state index contributed by atoms with van der Waals surface area (Å²) in [6, 6.07) is 2.17. The Bertz CT molecular complexity index is 1190. The Kier molecular flexibility index (Phi) is 6.22. The van der Waals surface area contributed by atoms with Gasteiger partial charge in [-0.1, -0.05) is 60.1 Å². The van der Waals surface area contributed by atoms with E-state index < -0.39 is 5.41 Å². The van der Waals surface area contributed by atoms with Crippen LogP contribution in [0.4, 0.5) is 0 Å². The predicted octanol–water partition coefficient (Wildman–Crippen LogP) is 6.48. The number of fused-ring (bicyclic) bond motifs is 6. The quantitative estimate of drug-likeness (QED) is 0.453. The minimum Gasteiger partial charge on any atom is -0.350 e. The lowest BCUT2D eigenvalue weighted by Gasteiger charge is -2.63. The van der Waals surface area contributed by atoms with Gasteiger partial charge in [0.2, 0.25) is 5.91 Å². The smallest absolute Gasteiger partial charge is 0.220 e. The van der Waals surface area contributed by atoms with Crippen LogP contribution in [-0.4, -0.2) is 23.0 Å². The summed E-state index contributed by atoms with van der Waals surface area (Å²) in [5.74, 6) is 0.336. The van der Waals surface area contributed by atoms with E-state index in [1.54, 1.807) is 0 Å². The Morgan fingerprint density at radius 2 is 1.76 bits per heavy atom. The molecule has 0 heterocycles. The average Bonchev–Trinajstić information content (AvgIpc) is 2.98. The van der Waals surface area contributed by atoms with Crippen LogP contribution < -0.4 is 5.32 Å². The van der Waals surface area contributed by atoms with Gasteiger partial charge in [-0.25, -0.2) is 0 Å². The summed E-state index contributed by atoms with van der Waals surface area (Å²) < 4.78 is 0. The van der Waals surface area contributed by atoms with Crippen molar-refractivity contribution in [3.63, 3.8) is 0 Å². The number of allylic oxidation sites excluding steroid dienone is 4. The molecule has 0 aromatic heterocycles. The monoisotopic (exact) mass is 518 g/mol. The number of rotatable bonds is 2. The number of carbonyl (C=O) groups excluding carboxylic acids is 3. The number of nitrogens with one attached hydrogen (secondary N) is 1. The molecule has 5 rings (SSSR count). The first-order valence-corrected chi connectivity index (χ1v) is 14.9. The van der Waals surface area contributed by atoms with Crippen molar-refractivity contribution in [3.8, 4) is 6.07 Å². The number of nitrogens with zero attached hydrogens (tertiary/aromatic N) is 1. The van der Waals surface area contributed by atoms with Crippen molar-refractivity contribution in [2.75, 3.05) is 0 Å². The minimum atomic E-state index is -0.482. The molecule has 3 saturated carbocycles. The van der Waals surface area contributed by atoms with Crippen molar-refractivity contribution >= 4 is 17.5 Å². The Labute approximate surface area is 228 Å². The summed E-state index contributed by atoms with van der Waals surface area (Å²) in [7, 11) is 0. The van der Waals surface area contributed by atoms with Crippen LogP contribution in [0.15, 0.2) is 23.3 Å². The third-order valence-electron chi connectivity index (χ3n) is 12.6. The zero-order chi connectivity index (χ0) is 27.9. The number of amides is 1. The zero-order valence-electron chi connectivity index (χ0n) is 24.5. The molecule has 3 fully saturated rings. The first-order valence-electron chi connectivity index (χ1n) is 14.9. The Balaban J connectivity index is 1.62. The summed E-state index contributed by atoms with van der Waals surface area (Å²) in [5.41, 5.74) is 0.380. The predicted molar refractivity (Wildman–Crippen MR) is 148 cm³/mol. The molecule has 1 N–H and O–H groups in total. The summed E-state index contributed by atoms with van der Waals surface area (Å²) >= 11 is 0. The van der Waals surface area contributed by atoms with Crippen LogP contribution in [0.25, 0.3) is 0 Å². The molecule has 38 heavy (non-hydrogen) atoms. The van der Waals surface area contributed by atoms with Crippen molar-refractivity contribution in [1.82, 2.24) is 5.32 Å². The maximum Gasteiger partial charge on any atom is 0.220 e. The molecule has 1 amide bonds. The van der Waals surface area contributed by atoms with Crippen LogP contribution in [0.3, 0.4) is 0 Å². The standard InChI is InChI=1S/C33H46N2O3/c1-8-27(37)35-33-13-11-29(3,4)18-22(33)15-24-25(36)16-26-30(5)17-21(19-34)28(38)20(2)23(30)9-10-32(26,7)31(24,6)12-14-33/h16-17,20,22-24H,8-15,18H2,1-7H3,(H,35,37)/t20?,22?,23-,24?,30-,31+,32+,33-/m0/s1. The van der Waals surface area contributed by atoms with Gasteiger partial charge >= 0.3 is 0 Å². The molecule has 0 aromatic carbocycles. The fourth-order valence-corrected chi connectivity index (χ4v) is 9.92. The van der Waals surface area contributed by atoms with Gasteiger partial charge in [0, 0.05) is 29.2 Å². The van der Waals surface area contributed by atoms with Gasteiger partial charge in [0.1, 0.15) is 6.07 Å². The summed E-state index contributed by atoms with van der Waals surface area (Å²) in [6.45, 7) is 15.4. The molecular formula is C33H46N2O3. The van der Waals surface area contributed by atoms with E-state index in [0.717, 1.165) is 56.9 Å². The van der Waals surface area contributed by atoms with Crippen molar-refractivity contribution in [2.45, 2.75) is 112 Å². The van der Waals surface area contributed by atoms with Crippen LogP contribution in [-0.2, 0) is 14.4 Å². The van der Waals surface area contributed by atoms with Gasteiger partial charge in [-0.2, -0.15) is 5.26 Å². The van der Waals surface area contributed by atoms with Gasteiger partial charge in [0.15, 0.2) is 11.6 Å². The molecule has 0 aliphatic heterocycles. The lowest BCUT2D eigenvalue weighted by atomic mass is 9.40. The van der Waals surface area contributed by atoms with Crippen molar-refractivity contribution in [3.05, 3.63) is 23.3 Å². The molecule has 8 atom stereocenters. The van der Waals surface area contributed by atoms with Gasteiger partial charge in [-0.3, -0.25) is 14.4 Å². The number of nitriles is 1. The van der Waals surface area contributed by atoms with Crippen LogP contribution in [0, 0.1) is 56.7 Å². The highest BCUT2D eigenvalue weighted by Gasteiger charge is 2.65. The molecule has 0 aromatic rings. The molecule has 5 aliphatic rings. The topological polar surface area (TPSA) is 87.0 Å². The number of hydrogen-bond donors (Lipinski definition) is 1. The molecule has 0 radical (unpaired) electrons. The van der Waals surface area contributed by atoms with E-state index in [0.29, 0.717) is 6.42 Å². The second-order valence-corrected chi connectivity index (χ2v) is 14.9. The van der Waals surface area contributed by atoms with Crippen LogP contribution in [0.1, 0.15) is 106 Å². The maximum atomic E-state index is 14.2.